The van der Waals surface area contributed by atoms with Crippen molar-refractivity contribution in [2.75, 3.05) is 20.3 Å². The molecule has 0 spiro atoms. The van der Waals surface area contributed by atoms with Crippen LogP contribution in [-0.2, 0) is 10.6 Å². The molecule has 5 rings (SSSR count). The molecule has 204 valence electrons. The number of fused-ring (bicyclic) bond motifs is 1. The van der Waals surface area contributed by atoms with Crippen LogP contribution in [-0.4, -0.2) is 45.7 Å². The van der Waals surface area contributed by atoms with Crippen molar-refractivity contribution in [1.29, 1.82) is 0 Å². The van der Waals surface area contributed by atoms with E-state index in [1.165, 1.54) is 11.0 Å². The topological polar surface area (TPSA) is 72.1 Å². The molecule has 1 N–H and O–H groups in total. The number of benzene rings is 2. The van der Waals surface area contributed by atoms with Crippen molar-refractivity contribution in [1.82, 2.24) is 14.5 Å². The number of aryl methyl sites for hydroxylation is 1. The molecule has 1 unspecified atom stereocenters. The van der Waals surface area contributed by atoms with E-state index in [1.54, 1.807) is 13.4 Å². The number of aliphatic hydroxyl groups excluding tert-OH is 1. The molecule has 0 bridgehead atoms. The molecule has 1 atom stereocenters. The first-order chi connectivity index (χ1) is 17.7. The smallest absolute Gasteiger partial charge is 0.310 e. The Morgan fingerprint density at radius 2 is 1.95 bits per heavy atom. The molecular formula is C25H25F5N4O3S. The molecule has 0 radical (unpaired) electrons. The number of imidazole rings is 1. The highest BCUT2D eigenvalue weighted by Crippen LogP contribution is 3.02. The van der Waals surface area contributed by atoms with Crippen LogP contribution >= 0.6 is 10.2 Å². The molecule has 3 heterocycles. The molecule has 0 aliphatic carbocycles. The van der Waals surface area contributed by atoms with Crippen molar-refractivity contribution in [3.63, 3.8) is 0 Å². The van der Waals surface area contributed by atoms with Gasteiger partial charge in [-0.1, -0.05) is 42.8 Å². The molecule has 0 saturated carbocycles. The molecule has 13 heteroatoms. The van der Waals surface area contributed by atoms with Gasteiger partial charge in [-0.3, -0.25) is 0 Å². The van der Waals surface area contributed by atoms with Crippen LogP contribution in [0.25, 0.3) is 11.8 Å². The number of methoxy groups -OCH3 is 1. The normalized spacial score (nSPS) is 22.4. The fourth-order valence-corrected chi connectivity index (χ4v) is 5.41. The quantitative estimate of drug-likeness (QED) is 0.350. The van der Waals surface area contributed by atoms with Crippen LogP contribution in [0, 0.1) is 6.92 Å². The van der Waals surface area contributed by atoms with Crippen LogP contribution in [0.15, 0.2) is 70.6 Å². The van der Waals surface area contributed by atoms with E-state index in [2.05, 4.69) is 10.1 Å². The first-order valence-electron chi connectivity index (χ1n) is 11.6. The van der Waals surface area contributed by atoms with Crippen molar-refractivity contribution in [2.45, 2.75) is 30.4 Å². The third kappa shape index (κ3) is 4.60. The van der Waals surface area contributed by atoms with Gasteiger partial charge in [0.05, 0.1) is 24.8 Å². The first kappa shape index (κ1) is 26.0. The van der Waals surface area contributed by atoms with Gasteiger partial charge in [-0.15, -0.1) is 0 Å². The molecule has 3 aromatic rings. The number of oxime groups is 1. The van der Waals surface area contributed by atoms with Crippen molar-refractivity contribution in [3.8, 4) is 11.4 Å². The monoisotopic (exact) mass is 556 g/mol. The highest BCUT2D eigenvalue weighted by molar-refractivity contribution is 8.45. The van der Waals surface area contributed by atoms with Crippen LogP contribution < -0.4 is 4.74 Å². The van der Waals surface area contributed by atoms with E-state index in [1.807, 2.05) is 42.0 Å². The highest BCUT2D eigenvalue weighted by Gasteiger charge is 2.66. The van der Waals surface area contributed by atoms with Crippen LogP contribution in [0.1, 0.15) is 29.7 Å². The van der Waals surface area contributed by atoms with Gasteiger partial charge in [0.2, 0.25) is 0 Å². The molecule has 7 nitrogen and oxygen atoms in total. The summed E-state index contributed by atoms with van der Waals surface area (Å²) in [6.45, 7) is 1.36. The number of hydrogen-bond donors (Lipinski definition) is 1. The van der Waals surface area contributed by atoms with E-state index in [4.69, 9.17) is 9.57 Å². The summed E-state index contributed by atoms with van der Waals surface area (Å²) in [5, 5.41) is 14.4. The van der Waals surface area contributed by atoms with E-state index in [0.29, 0.717) is 48.7 Å². The van der Waals surface area contributed by atoms with Gasteiger partial charge in [0.15, 0.2) is 5.84 Å². The number of nitrogens with zero attached hydrogens (tertiary/aromatic N) is 4. The summed E-state index contributed by atoms with van der Waals surface area (Å²) in [5.41, 5.74) is 0.973. The lowest BCUT2D eigenvalue weighted by Gasteiger charge is -2.42. The van der Waals surface area contributed by atoms with Gasteiger partial charge < -0.3 is 24.1 Å². The molecule has 2 aliphatic heterocycles. The number of rotatable bonds is 6. The van der Waals surface area contributed by atoms with Crippen LogP contribution in [0.2, 0.25) is 0 Å². The first-order valence-corrected chi connectivity index (χ1v) is 13.6. The molecule has 1 aromatic heterocycles. The minimum Gasteiger partial charge on any atom is -0.495 e. The Balaban J connectivity index is 1.49. The van der Waals surface area contributed by atoms with E-state index in [-0.39, 0.29) is 5.56 Å². The maximum absolute atomic E-state index is 13.5. The average Bonchev–Trinajstić information content (AvgIpc) is 3.47. The summed E-state index contributed by atoms with van der Waals surface area (Å²) >= 11 is 0. The van der Waals surface area contributed by atoms with E-state index >= 15 is 0 Å². The summed E-state index contributed by atoms with van der Waals surface area (Å²) < 4.78 is 74.9. The Bertz CT molecular complexity index is 1470. The van der Waals surface area contributed by atoms with Gasteiger partial charge in [-0.05, 0) is 61.2 Å². The van der Waals surface area contributed by atoms with Crippen molar-refractivity contribution >= 4 is 22.1 Å². The van der Waals surface area contributed by atoms with Crippen LogP contribution in [0.5, 0.6) is 5.75 Å². The zero-order chi connectivity index (χ0) is 27.4. The minimum absolute atomic E-state index is 0.271. The predicted octanol–water partition coefficient (Wildman–Crippen LogP) is 6.51. The Morgan fingerprint density at radius 3 is 2.61 bits per heavy atom. The van der Waals surface area contributed by atoms with E-state index in [9.17, 15) is 24.5 Å². The van der Waals surface area contributed by atoms with Gasteiger partial charge in [0.1, 0.15) is 17.3 Å². The Kier molecular flexibility index (Phi) is 5.63. The standard InChI is InChI=1S/C25H25F5N4O3S/c1-17-14-33(16-31-17)22-9-8-18(12-23(22)36-2)11-19-5-4-10-34-24(19)32-37-25(34,15-35)20-6-3-7-21(13-20)38(26,27,28,29)30/h3,6-9,11-14,16,35H,4-5,10,15H2,1-2H3/b19-11+. The number of aromatic nitrogens is 2. The molecule has 1 saturated heterocycles. The Morgan fingerprint density at radius 1 is 1.16 bits per heavy atom. The van der Waals surface area contributed by atoms with Crippen molar-refractivity contribution in [3.05, 3.63) is 77.4 Å². The minimum atomic E-state index is -9.95. The maximum atomic E-state index is 13.5. The van der Waals surface area contributed by atoms with Gasteiger partial charge in [-0.25, -0.2) is 4.98 Å². The number of aliphatic hydroxyl groups is 1. The largest absolute Gasteiger partial charge is 0.495 e. The van der Waals surface area contributed by atoms with Gasteiger partial charge >= 0.3 is 10.2 Å². The lowest BCUT2D eigenvalue weighted by molar-refractivity contribution is -0.137. The van der Waals surface area contributed by atoms with Gasteiger partial charge in [0, 0.05) is 18.3 Å². The second-order valence-corrected chi connectivity index (χ2v) is 11.6. The fraction of sp³-hybridized carbons (Fsp3) is 0.280. The van der Waals surface area contributed by atoms with Crippen molar-refractivity contribution < 1.29 is 34.1 Å². The highest BCUT2D eigenvalue weighted by atomic mass is 32.5. The third-order valence-corrected chi connectivity index (χ3v) is 7.71. The second kappa shape index (κ2) is 8.21. The second-order valence-electron chi connectivity index (χ2n) is 9.22. The Labute approximate surface area is 215 Å². The van der Waals surface area contributed by atoms with Crippen LogP contribution in [0.4, 0.5) is 19.4 Å². The zero-order valence-corrected chi connectivity index (χ0v) is 21.3. The molecule has 1 fully saturated rings. The van der Waals surface area contributed by atoms with E-state index < -0.39 is 27.5 Å². The SMILES string of the molecule is COc1cc(/C=C2\CCCN3C2=NOC3(CO)c2cccc(S(F)(F)(F)(F)F)c2)ccc1-n1cnc(C)c1. The summed E-state index contributed by atoms with van der Waals surface area (Å²) in [6.07, 6.45) is 6.53. The van der Waals surface area contributed by atoms with E-state index in [0.717, 1.165) is 23.0 Å². The lowest BCUT2D eigenvalue weighted by Crippen LogP contribution is -2.51. The number of halogens is 5. The zero-order valence-electron chi connectivity index (χ0n) is 20.5. The number of ether oxygens (including phenoxy) is 1. The summed E-state index contributed by atoms with van der Waals surface area (Å²) in [7, 11) is -8.40. The number of amidine groups is 1. The predicted molar refractivity (Wildman–Crippen MR) is 134 cm³/mol. The third-order valence-electron chi connectivity index (χ3n) is 6.57. The van der Waals surface area contributed by atoms with Gasteiger partial charge in [-0.2, -0.15) is 0 Å². The molecule has 0 amide bonds. The maximum Gasteiger partial charge on any atom is 0.310 e. The number of piperidine rings is 1. The average molecular weight is 557 g/mol. The lowest BCUT2D eigenvalue weighted by atomic mass is 9.95. The van der Waals surface area contributed by atoms with Crippen molar-refractivity contribution in [2.24, 2.45) is 5.16 Å². The van der Waals surface area contributed by atoms with Gasteiger partial charge in [0.25, 0.3) is 5.72 Å². The molecular weight excluding hydrogens is 531 g/mol. The summed E-state index contributed by atoms with van der Waals surface area (Å²) in [6, 6.07) is 8.28. The summed E-state index contributed by atoms with van der Waals surface area (Å²) in [4.78, 5) is 9.23. The fourth-order valence-electron chi connectivity index (χ4n) is 4.73. The molecule has 2 aliphatic rings. The number of hydrogen-bond acceptors (Lipinski definition) is 6. The summed E-state index contributed by atoms with van der Waals surface area (Å²) in [5.74, 6) is 0.905. The Hall–Kier alpha value is -3.58. The molecule has 38 heavy (non-hydrogen) atoms. The molecule has 2 aromatic carbocycles. The van der Waals surface area contributed by atoms with Crippen LogP contribution in [0.3, 0.4) is 0 Å².